The Hall–Kier alpha value is -0.470. The summed E-state index contributed by atoms with van der Waals surface area (Å²) in [6, 6.07) is 6.73. The van der Waals surface area contributed by atoms with Crippen LogP contribution in [0.1, 0.15) is 18.1 Å². The first-order valence-electron chi connectivity index (χ1n) is 4.72. The fourth-order valence-electron chi connectivity index (χ4n) is 1.63. The summed E-state index contributed by atoms with van der Waals surface area (Å²) in [5, 5.41) is 4.14. The van der Waals surface area contributed by atoms with Crippen LogP contribution in [0.2, 0.25) is 0 Å². The molecule has 1 atom stereocenters. The van der Waals surface area contributed by atoms with Crippen LogP contribution in [0.15, 0.2) is 23.1 Å². The normalized spacial score (nSPS) is 22.2. The molecule has 0 bridgehead atoms. The minimum absolute atomic E-state index is 0.684. The average molecular weight is 193 g/mol. The van der Waals surface area contributed by atoms with E-state index in [1.54, 1.807) is 0 Å². The summed E-state index contributed by atoms with van der Waals surface area (Å²) in [6.07, 6.45) is 0. The number of rotatable bonds is 0. The number of fused-ring (bicyclic) bond motifs is 1. The highest BCUT2D eigenvalue weighted by Gasteiger charge is 2.12. The van der Waals surface area contributed by atoms with Gasteiger partial charge in [-0.05, 0) is 18.6 Å². The smallest absolute Gasteiger partial charge is 0.0217 e. The zero-order valence-electron chi connectivity index (χ0n) is 8.13. The van der Waals surface area contributed by atoms with Crippen LogP contribution in [0, 0.1) is 6.92 Å². The fraction of sp³-hybridized carbons (Fsp3) is 0.455. The van der Waals surface area contributed by atoms with Crippen molar-refractivity contribution in [3.05, 3.63) is 29.3 Å². The Labute approximate surface area is 83.9 Å². The van der Waals surface area contributed by atoms with Gasteiger partial charge in [-0.25, -0.2) is 0 Å². The number of aryl methyl sites for hydroxylation is 1. The second-order valence-corrected chi connectivity index (χ2v) is 5.15. The lowest BCUT2D eigenvalue weighted by molar-refractivity contribution is 0.688. The van der Waals surface area contributed by atoms with E-state index in [-0.39, 0.29) is 0 Å². The molecule has 0 unspecified atom stereocenters. The minimum Gasteiger partial charge on any atom is -0.312 e. The van der Waals surface area contributed by atoms with Crippen LogP contribution in [0.5, 0.6) is 0 Å². The highest BCUT2D eigenvalue weighted by atomic mass is 32.2. The predicted molar refractivity (Wildman–Crippen MR) is 58.2 cm³/mol. The van der Waals surface area contributed by atoms with Gasteiger partial charge in [-0.15, -0.1) is 11.8 Å². The summed E-state index contributed by atoms with van der Waals surface area (Å²) < 4.78 is 0. The number of nitrogens with one attached hydrogen (secondary N) is 1. The molecule has 1 aliphatic rings. The Morgan fingerprint density at radius 2 is 2.31 bits per heavy atom. The van der Waals surface area contributed by atoms with Gasteiger partial charge < -0.3 is 5.32 Å². The van der Waals surface area contributed by atoms with Gasteiger partial charge in [0, 0.05) is 23.2 Å². The summed E-state index contributed by atoms with van der Waals surface area (Å²) in [7, 11) is 0. The van der Waals surface area contributed by atoms with E-state index in [1.165, 1.54) is 16.0 Å². The van der Waals surface area contributed by atoms with Crippen molar-refractivity contribution < 1.29 is 0 Å². The molecule has 0 fully saturated rings. The van der Waals surface area contributed by atoms with Gasteiger partial charge in [-0.2, -0.15) is 0 Å². The molecule has 0 saturated heterocycles. The van der Waals surface area contributed by atoms with E-state index in [0.717, 1.165) is 13.1 Å². The van der Waals surface area contributed by atoms with E-state index in [2.05, 4.69) is 37.4 Å². The maximum Gasteiger partial charge on any atom is 0.0217 e. The number of benzene rings is 1. The van der Waals surface area contributed by atoms with Gasteiger partial charge in [0.15, 0.2) is 0 Å². The molecule has 0 spiro atoms. The van der Waals surface area contributed by atoms with Crippen LogP contribution in [-0.2, 0) is 6.54 Å². The maximum absolute atomic E-state index is 3.46. The molecule has 0 saturated carbocycles. The Morgan fingerprint density at radius 3 is 3.15 bits per heavy atom. The van der Waals surface area contributed by atoms with Gasteiger partial charge in [0.25, 0.3) is 0 Å². The second-order valence-electron chi connectivity index (χ2n) is 3.67. The van der Waals surface area contributed by atoms with Gasteiger partial charge in [0.1, 0.15) is 0 Å². The highest BCUT2D eigenvalue weighted by Crippen LogP contribution is 2.29. The Bertz CT molecular complexity index is 309. The van der Waals surface area contributed by atoms with Gasteiger partial charge in [-0.1, -0.05) is 24.6 Å². The molecular weight excluding hydrogens is 178 g/mol. The first-order valence-corrected chi connectivity index (χ1v) is 5.60. The molecule has 1 nitrogen and oxygen atoms in total. The average Bonchev–Trinajstić information content (AvgIpc) is 2.25. The van der Waals surface area contributed by atoms with Crippen LogP contribution in [0.3, 0.4) is 0 Å². The first-order chi connectivity index (χ1) is 6.25. The van der Waals surface area contributed by atoms with E-state index in [0.29, 0.717) is 5.25 Å². The van der Waals surface area contributed by atoms with Crippen molar-refractivity contribution in [1.82, 2.24) is 5.32 Å². The molecule has 0 aliphatic carbocycles. The topological polar surface area (TPSA) is 12.0 Å². The molecule has 1 aromatic rings. The summed E-state index contributed by atoms with van der Waals surface area (Å²) in [5.74, 6) is 0. The van der Waals surface area contributed by atoms with E-state index < -0.39 is 0 Å². The van der Waals surface area contributed by atoms with Crippen molar-refractivity contribution >= 4 is 11.8 Å². The molecule has 70 valence electrons. The summed E-state index contributed by atoms with van der Waals surface area (Å²) >= 11 is 1.98. The lowest BCUT2D eigenvalue weighted by Gasteiger charge is -2.07. The van der Waals surface area contributed by atoms with Gasteiger partial charge >= 0.3 is 0 Å². The standard InChI is InChI=1S/C11H15NS/c1-8-3-4-11-10(5-8)7-12-6-9(2)13-11/h3-5,9,12H,6-7H2,1-2H3/t9-/m0/s1. The fourth-order valence-corrected chi connectivity index (χ4v) is 2.69. The SMILES string of the molecule is Cc1ccc2c(c1)CNC[C@H](C)S2. The molecule has 2 rings (SSSR count). The number of hydrogen-bond acceptors (Lipinski definition) is 2. The molecule has 13 heavy (non-hydrogen) atoms. The number of hydrogen-bond donors (Lipinski definition) is 1. The zero-order chi connectivity index (χ0) is 9.26. The molecule has 0 amide bonds. The molecule has 1 aromatic carbocycles. The zero-order valence-corrected chi connectivity index (χ0v) is 8.95. The molecule has 1 aliphatic heterocycles. The summed E-state index contributed by atoms with van der Waals surface area (Å²) in [4.78, 5) is 1.45. The quantitative estimate of drug-likeness (QED) is 0.679. The third-order valence-corrected chi connectivity index (χ3v) is 3.51. The summed E-state index contributed by atoms with van der Waals surface area (Å²) in [6.45, 7) is 6.55. The van der Waals surface area contributed by atoms with Crippen molar-refractivity contribution in [2.45, 2.75) is 30.5 Å². The van der Waals surface area contributed by atoms with Crippen molar-refractivity contribution in [1.29, 1.82) is 0 Å². The van der Waals surface area contributed by atoms with Crippen LogP contribution in [0.4, 0.5) is 0 Å². The second kappa shape index (κ2) is 3.72. The Morgan fingerprint density at radius 1 is 1.46 bits per heavy atom. The van der Waals surface area contributed by atoms with E-state index in [4.69, 9.17) is 0 Å². The minimum atomic E-state index is 0.684. The third kappa shape index (κ3) is 2.06. The predicted octanol–water partition coefficient (Wildman–Crippen LogP) is 2.58. The third-order valence-electron chi connectivity index (χ3n) is 2.29. The van der Waals surface area contributed by atoms with Crippen molar-refractivity contribution in [3.63, 3.8) is 0 Å². The van der Waals surface area contributed by atoms with E-state index >= 15 is 0 Å². The Kier molecular flexibility index (Phi) is 2.61. The lowest BCUT2D eigenvalue weighted by Crippen LogP contribution is -2.19. The monoisotopic (exact) mass is 193 g/mol. The summed E-state index contributed by atoms with van der Waals surface area (Å²) in [5.41, 5.74) is 2.81. The van der Waals surface area contributed by atoms with Crippen molar-refractivity contribution in [2.75, 3.05) is 6.54 Å². The van der Waals surface area contributed by atoms with Crippen LogP contribution in [-0.4, -0.2) is 11.8 Å². The van der Waals surface area contributed by atoms with Crippen LogP contribution in [0.25, 0.3) is 0 Å². The molecule has 2 heteroatoms. The maximum atomic E-state index is 3.46. The van der Waals surface area contributed by atoms with Crippen LogP contribution >= 0.6 is 11.8 Å². The van der Waals surface area contributed by atoms with Crippen LogP contribution < -0.4 is 5.32 Å². The first kappa shape index (κ1) is 9.10. The van der Waals surface area contributed by atoms with Crippen molar-refractivity contribution in [2.24, 2.45) is 0 Å². The van der Waals surface area contributed by atoms with Gasteiger partial charge in [-0.3, -0.25) is 0 Å². The van der Waals surface area contributed by atoms with E-state index in [1.807, 2.05) is 11.8 Å². The molecule has 0 radical (unpaired) electrons. The highest BCUT2D eigenvalue weighted by molar-refractivity contribution is 8.00. The lowest BCUT2D eigenvalue weighted by atomic mass is 10.1. The van der Waals surface area contributed by atoms with Gasteiger partial charge in [0.2, 0.25) is 0 Å². The van der Waals surface area contributed by atoms with Crippen molar-refractivity contribution in [3.8, 4) is 0 Å². The van der Waals surface area contributed by atoms with E-state index in [9.17, 15) is 0 Å². The molecule has 1 N–H and O–H groups in total. The molecular formula is C11H15NS. The molecule has 1 heterocycles. The van der Waals surface area contributed by atoms with Gasteiger partial charge in [0.05, 0.1) is 0 Å². The Balaban J connectivity index is 2.34. The molecule has 0 aromatic heterocycles. The number of thioether (sulfide) groups is 1. The largest absolute Gasteiger partial charge is 0.312 e.